The molecule has 0 aliphatic carbocycles. The van der Waals surface area contributed by atoms with Gasteiger partial charge in [0.05, 0.1) is 22.9 Å². The molecule has 1 atom stereocenters. The average Bonchev–Trinajstić information content (AvgIpc) is 2.82. The minimum atomic E-state index is -0.270. The van der Waals surface area contributed by atoms with Crippen LogP contribution in [0, 0.1) is 6.92 Å². The Morgan fingerprint density at radius 3 is 2.95 bits per heavy atom. The molecule has 5 heteroatoms. The van der Waals surface area contributed by atoms with Gasteiger partial charge in [-0.05, 0) is 32.6 Å². The Hall–Kier alpha value is -0.490. The molecule has 1 spiro atoms. The lowest BCUT2D eigenvalue weighted by Gasteiger charge is -2.46. The molecule has 1 unspecified atom stereocenters. The Morgan fingerprint density at radius 2 is 2.32 bits per heavy atom. The number of rotatable bonds is 2. The van der Waals surface area contributed by atoms with Crippen molar-refractivity contribution in [3.8, 4) is 0 Å². The van der Waals surface area contributed by atoms with E-state index in [1.807, 2.05) is 5.51 Å². The van der Waals surface area contributed by atoms with Crippen LogP contribution >= 0.6 is 11.3 Å². The molecular weight excluding hydrogens is 260 g/mol. The lowest BCUT2D eigenvalue weighted by atomic mass is 9.82. The predicted octanol–water partition coefficient (Wildman–Crippen LogP) is 1.96. The van der Waals surface area contributed by atoms with Crippen molar-refractivity contribution in [3.05, 3.63) is 16.1 Å². The van der Waals surface area contributed by atoms with Crippen LogP contribution in [-0.2, 0) is 11.3 Å². The van der Waals surface area contributed by atoms with Gasteiger partial charge in [0.15, 0.2) is 0 Å². The van der Waals surface area contributed by atoms with Crippen molar-refractivity contribution in [2.24, 2.45) is 0 Å². The van der Waals surface area contributed by atoms with Gasteiger partial charge < -0.3 is 9.84 Å². The second kappa shape index (κ2) is 5.48. The summed E-state index contributed by atoms with van der Waals surface area (Å²) in [6.45, 7) is 5.89. The van der Waals surface area contributed by atoms with Crippen molar-refractivity contribution in [1.82, 2.24) is 9.88 Å². The molecule has 3 rings (SSSR count). The second-order valence-corrected chi connectivity index (χ2v) is 6.65. The van der Waals surface area contributed by atoms with Crippen molar-refractivity contribution in [1.29, 1.82) is 0 Å². The molecule has 4 nitrogen and oxygen atoms in total. The van der Waals surface area contributed by atoms with Crippen molar-refractivity contribution < 1.29 is 9.84 Å². The molecule has 0 amide bonds. The van der Waals surface area contributed by atoms with Crippen molar-refractivity contribution in [2.75, 3.05) is 19.7 Å². The van der Waals surface area contributed by atoms with Crippen LogP contribution in [-0.4, -0.2) is 46.4 Å². The van der Waals surface area contributed by atoms with Gasteiger partial charge in [-0.2, -0.15) is 0 Å². The number of aliphatic hydroxyl groups excluding tert-OH is 1. The molecule has 2 aliphatic rings. The summed E-state index contributed by atoms with van der Waals surface area (Å²) in [5, 5.41) is 10.2. The fourth-order valence-corrected chi connectivity index (χ4v) is 3.98. The van der Waals surface area contributed by atoms with Crippen LogP contribution in [0.25, 0.3) is 0 Å². The third-order valence-corrected chi connectivity index (χ3v) is 5.45. The zero-order valence-corrected chi connectivity index (χ0v) is 12.3. The molecule has 0 saturated carbocycles. The first kappa shape index (κ1) is 13.5. The van der Waals surface area contributed by atoms with E-state index in [1.165, 1.54) is 4.88 Å². The van der Waals surface area contributed by atoms with Crippen molar-refractivity contribution >= 4 is 11.3 Å². The zero-order chi connectivity index (χ0) is 13.3. The summed E-state index contributed by atoms with van der Waals surface area (Å²) in [5.74, 6) is 0. The maximum absolute atomic E-state index is 10.2. The third-order valence-electron chi connectivity index (χ3n) is 4.53. The van der Waals surface area contributed by atoms with Crippen LogP contribution in [0.3, 0.4) is 0 Å². The minimum Gasteiger partial charge on any atom is -0.390 e. The molecular formula is C14H22N2O2S. The van der Waals surface area contributed by atoms with E-state index in [-0.39, 0.29) is 11.7 Å². The van der Waals surface area contributed by atoms with Gasteiger partial charge in [-0.25, -0.2) is 4.98 Å². The van der Waals surface area contributed by atoms with Crippen molar-refractivity contribution in [2.45, 2.75) is 50.9 Å². The number of thiazole rings is 1. The molecule has 106 valence electrons. The quantitative estimate of drug-likeness (QED) is 0.900. The van der Waals surface area contributed by atoms with Crippen LogP contribution in [0.4, 0.5) is 0 Å². The largest absolute Gasteiger partial charge is 0.390 e. The summed E-state index contributed by atoms with van der Waals surface area (Å²) < 4.78 is 5.94. The smallest absolute Gasteiger partial charge is 0.0964 e. The number of hydrogen-bond acceptors (Lipinski definition) is 5. The molecule has 2 aliphatic heterocycles. The monoisotopic (exact) mass is 282 g/mol. The highest BCUT2D eigenvalue weighted by Crippen LogP contribution is 2.35. The summed E-state index contributed by atoms with van der Waals surface area (Å²) >= 11 is 1.74. The van der Waals surface area contributed by atoms with E-state index in [0.29, 0.717) is 0 Å². The highest BCUT2D eigenvalue weighted by molar-refractivity contribution is 7.09. The third kappa shape index (κ3) is 2.70. The Bertz CT molecular complexity index is 427. The highest BCUT2D eigenvalue weighted by Gasteiger charge is 2.43. The van der Waals surface area contributed by atoms with E-state index in [4.69, 9.17) is 4.74 Å². The second-order valence-electron chi connectivity index (χ2n) is 5.71. The standard InChI is InChI=1S/C14H22N2O2S/c1-11-12(19-10-15-11)9-16-6-4-14(5-7-16)13(17)3-2-8-18-14/h10,13,17H,2-9H2,1H3. The SMILES string of the molecule is Cc1ncsc1CN1CCC2(CC1)OCCCC2O. The van der Waals surface area contributed by atoms with Gasteiger partial charge in [0.2, 0.25) is 0 Å². The van der Waals surface area contributed by atoms with Gasteiger partial charge in [-0.15, -0.1) is 11.3 Å². The Balaban J connectivity index is 1.58. The van der Waals surface area contributed by atoms with E-state index in [9.17, 15) is 5.11 Å². The molecule has 19 heavy (non-hydrogen) atoms. The van der Waals surface area contributed by atoms with Crippen LogP contribution in [0.2, 0.25) is 0 Å². The number of piperidine rings is 1. The lowest BCUT2D eigenvalue weighted by molar-refractivity contribution is -0.177. The van der Waals surface area contributed by atoms with Gasteiger partial charge >= 0.3 is 0 Å². The van der Waals surface area contributed by atoms with Gasteiger partial charge in [-0.3, -0.25) is 4.90 Å². The Morgan fingerprint density at radius 1 is 1.53 bits per heavy atom. The number of likely N-dealkylation sites (tertiary alicyclic amines) is 1. The normalized spacial score (nSPS) is 27.8. The maximum Gasteiger partial charge on any atom is 0.0964 e. The van der Waals surface area contributed by atoms with Crippen LogP contribution < -0.4 is 0 Å². The number of aryl methyl sites for hydroxylation is 1. The lowest BCUT2D eigenvalue weighted by Crippen LogP contribution is -2.55. The number of nitrogens with zero attached hydrogens (tertiary/aromatic N) is 2. The molecule has 1 aromatic rings. The molecule has 0 bridgehead atoms. The van der Waals surface area contributed by atoms with Crippen molar-refractivity contribution in [3.63, 3.8) is 0 Å². The minimum absolute atomic E-state index is 0.252. The summed E-state index contributed by atoms with van der Waals surface area (Å²) in [7, 11) is 0. The van der Waals surface area contributed by atoms with Crippen LogP contribution in [0.1, 0.15) is 36.3 Å². The molecule has 1 aromatic heterocycles. The van der Waals surface area contributed by atoms with Gasteiger partial charge in [0.25, 0.3) is 0 Å². The summed E-state index contributed by atoms with van der Waals surface area (Å²) in [5.41, 5.74) is 2.82. The van der Waals surface area contributed by atoms with E-state index in [2.05, 4.69) is 16.8 Å². The summed E-state index contributed by atoms with van der Waals surface area (Å²) in [6, 6.07) is 0. The first-order valence-corrected chi connectivity index (χ1v) is 8.01. The fraction of sp³-hybridized carbons (Fsp3) is 0.786. The van der Waals surface area contributed by atoms with E-state index in [1.54, 1.807) is 11.3 Å². The van der Waals surface area contributed by atoms with E-state index < -0.39 is 0 Å². The molecule has 2 fully saturated rings. The summed E-state index contributed by atoms with van der Waals surface area (Å²) in [6.07, 6.45) is 3.52. The molecule has 0 radical (unpaired) electrons. The molecule has 2 saturated heterocycles. The van der Waals surface area contributed by atoms with Gasteiger partial charge in [0.1, 0.15) is 0 Å². The molecule has 1 N–H and O–H groups in total. The zero-order valence-electron chi connectivity index (χ0n) is 11.5. The van der Waals surface area contributed by atoms with Crippen LogP contribution in [0.5, 0.6) is 0 Å². The molecule has 0 aromatic carbocycles. The molecule has 3 heterocycles. The number of ether oxygens (including phenoxy) is 1. The van der Waals surface area contributed by atoms with E-state index in [0.717, 1.165) is 57.6 Å². The highest BCUT2D eigenvalue weighted by atomic mass is 32.1. The van der Waals surface area contributed by atoms with Gasteiger partial charge in [-0.1, -0.05) is 0 Å². The fourth-order valence-electron chi connectivity index (χ4n) is 3.16. The Kier molecular flexibility index (Phi) is 3.89. The number of aromatic nitrogens is 1. The average molecular weight is 282 g/mol. The predicted molar refractivity (Wildman–Crippen MR) is 75.3 cm³/mol. The number of hydrogen-bond donors (Lipinski definition) is 1. The van der Waals surface area contributed by atoms with Gasteiger partial charge in [0, 0.05) is 31.1 Å². The first-order chi connectivity index (χ1) is 9.20. The number of aliphatic hydroxyl groups is 1. The summed E-state index contributed by atoms with van der Waals surface area (Å²) in [4.78, 5) is 8.12. The van der Waals surface area contributed by atoms with Crippen LogP contribution in [0.15, 0.2) is 5.51 Å². The maximum atomic E-state index is 10.2. The van der Waals surface area contributed by atoms with E-state index >= 15 is 0 Å². The Labute approximate surface area is 118 Å². The first-order valence-electron chi connectivity index (χ1n) is 7.13. The topological polar surface area (TPSA) is 45.6 Å².